The molecule has 3 aromatic rings. The molecule has 0 amide bonds. The molecule has 2 heterocycles. The minimum absolute atomic E-state index is 0.0125. The molecule has 0 aliphatic rings. The summed E-state index contributed by atoms with van der Waals surface area (Å²) in [5.41, 5.74) is 0.0644. The quantitative estimate of drug-likeness (QED) is 0.637. The van der Waals surface area contributed by atoms with Crippen LogP contribution in [0.3, 0.4) is 0 Å². The highest BCUT2D eigenvalue weighted by Crippen LogP contribution is 2.25. The Balaban J connectivity index is 2.21. The summed E-state index contributed by atoms with van der Waals surface area (Å²) in [6.45, 7) is 3.54. The maximum atomic E-state index is 14.2. The number of aromatic nitrogens is 2. The first-order valence-electron chi connectivity index (χ1n) is 9.05. The van der Waals surface area contributed by atoms with E-state index in [1.54, 1.807) is 16.7 Å². The summed E-state index contributed by atoms with van der Waals surface area (Å²) in [6.07, 6.45) is 2.78. The number of carboxylic acid groups (broad SMARTS) is 1. The summed E-state index contributed by atoms with van der Waals surface area (Å²) in [6, 6.07) is 5.66. The normalized spacial score (nSPS) is 12.5. The number of carboxylic acids is 1. The molecule has 0 aliphatic carbocycles. The summed E-state index contributed by atoms with van der Waals surface area (Å²) < 4.78 is 15.8. The molecule has 6 nitrogen and oxygen atoms in total. The van der Waals surface area contributed by atoms with Gasteiger partial charge in [0.2, 0.25) is 5.43 Å². The van der Waals surface area contributed by atoms with E-state index in [-0.39, 0.29) is 29.4 Å². The third-order valence-corrected chi connectivity index (χ3v) is 5.21. The van der Waals surface area contributed by atoms with Crippen LogP contribution in [0.2, 0.25) is 5.02 Å². The van der Waals surface area contributed by atoms with Gasteiger partial charge in [0.1, 0.15) is 11.4 Å². The number of hydrogen-bond acceptors (Lipinski definition) is 4. The summed E-state index contributed by atoms with van der Waals surface area (Å²) >= 11 is 5.82. The van der Waals surface area contributed by atoms with Gasteiger partial charge in [-0.3, -0.25) is 9.78 Å². The first kappa shape index (κ1) is 21.0. The topological polar surface area (TPSA) is 92.4 Å². The third kappa shape index (κ3) is 4.02. The van der Waals surface area contributed by atoms with Crippen LogP contribution in [0.5, 0.6) is 0 Å². The zero-order valence-electron chi connectivity index (χ0n) is 15.9. The molecule has 29 heavy (non-hydrogen) atoms. The minimum Gasteiger partial charge on any atom is -0.477 e. The molecule has 3 rings (SSSR count). The van der Waals surface area contributed by atoms with Crippen LogP contribution in [0.1, 0.15) is 41.5 Å². The van der Waals surface area contributed by atoms with E-state index in [1.807, 2.05) is 13.8 Å². The van der Waals surface area contributed by atoms with Crippen molar-refractivity contribution < 1.29 is 19.4 Å². The van der Waals surface area contributed by atoms with Crippen LogP contribution in [0, 0.1) is 11.7 Å². The second-order valence-electron chi connectivity index (χ2n) is 7.16. The number of benzene rings is 1. The number of aliphatic hydroxyl groups is 1. The Morgan fingerprint density at radius 1 is 1.34 bits per heavy atom. The van der Waals surface area contributed by atoms with Gasteiger partial charge in [-0.05, 0) is 23.6 Å². The first-order valence-corrected chi connectivity index (χ1v) is 9.43. The van der Waals surface area contributed by atoms with Gasteiger partial charge in [-0.25, -0.2) is 9.18 Å². The van der Waals surface area contributed by atoms with Gasteiger partial charge in [0.25, 0.3) is 0 Å². The highest BCUT2D eigenvalue weighted by atomic mass is 35.5. The van der Waals surface area contributed by atoms with Crippen molar-refractivity contribution in [2.45, 2.75) is 26.3 Å². The molecule has 1 unspecified atom stereocenters. The van der Waals surface area contributed by atoms with Crippen molar-refractivity contribution in [1.29, 1.82) is 0 Å². The molecule has 0 spiro atoms. The van der Waals surface area contributed by atoms with E-state index in [0.29, 0.717) is 16.8 Å². The molecular weight excluding hydrogens is 399 g/mol. The fraction of sp³-hybridized carbons (Fsp3) is 0.286. The summed E-state index contributed by atoms with van der Waals surface area (Å²) in [7, 11) is 0. The molecule has 0 saturated heterocycles. The van der Waals surface area contributed by atoms with Gasteiger partial charge >= 0.3 is 5.97 Å². The molecule has 0 aliphatic heterocycles. The predicted octanol–water partition coefficient (Wildman–Crippen LogP) is 3.67. The highest BCUT2D eigenvalue weighted by Gasteiger charge is 2.21. The second kappa shape index (κ2) is 8.31. The number of aliphatic hydroxyl groups excluding tert-OH is 1. The van der Waals surface area contributed by atoms with E-state index < -0.39 is 28.8 Å². The molecule has 0 fully saturated rings. The van der Waals surface area contributed by atoms with Crippen molar-refractivity contribution in [2.24, 2.45) is 5.92 Å². The molecule has 0 saturated carbocycles. The van der Waals surface area contributed by atoms with Crippen LogP contribution in [0.4, 0.5) is 4.39 Å². The monoisotopic (exact) mass is 418 g/mol. The smallest absolute Gasteiger partial charge is 0.341 e. The fourth-order valence-corrected chi connectivity index (χ4v) is 3.51. The van der Waals surface area contributed by atoms with Crippen LogP contribution < -0.4 is 5.43 Å². The summed E-state index contributed by atoms with van der Waals surface area (Å²) in [5, 5.41) is 19.4. The number of aromatic carboxylic acids is 1. The molecule has 1 atom stereocenters. The van der Waals surface area contributed by atoms with Crippen molar-refractivity contribution in [3.05, 3.63) is 74.5 Å². The van der Waals surface area contributed by atoms with E-state index in [9.17, 15) is 24.2 Å². The SMILES string of the molecule is CC(C)C(CO)n1cc(C(=O)O)c(=O)c2cc(Cc3cccc(Cl)c3F)ncc21. The summed E-state index contributed by atoms with van der Waals surface area (Å²) in [4.78, 5) is 28.7. The van der Waals surface area contributed by atoms with E-state index in [1.165, 1.54) is 24.5 Å². The van der Waals surface area contributed by atoms with Gasteiger partial charge in [0.05, 0.1) is 29.4 Å². The van der Waals surface area contributed by atoms with Crippen LogP contribution >= 0.6 is 11.6 Å². The maximum Gasteiger partial charge on any atom is 0.341 e. The number of carbonyl (C=O) groups is 1. The number of rotatable bonds is 6. The Hall–Kier alpha value is -2.77. The summed E-state index contributed by atoms with van der Waals surface area (Å²) in [5.74, 6) is -1.94. The van der Waals surface area contributed by atoms with Crippen molar-refractivity contribution >= 4 is 28.5 Å². The van der Waals surface area contributed by atoms with Gasteiger partial charge in [0.15, 0.2) is 0 Å². The average molecular weight is 419 g/mol. The largest absolute Gasteiger partial charge is 0.477 e. The first-order chi connectivity index (χ1) is 13.7. The average Bonchev–Trinajstić information content (AvgIpc) is 2.67. The lowest BCUT2D eigenvalue weighted by atomic mass is 10.0. The molecule has 2 N–H and O–H groups in total. The molecule has 1 aromatic carbocycles. The molecule has 8 heteroatoms. The Bertz CT molecular complexity index is 1140. The van der Waals surface area contributed by atoms with E-state index in [0.717, 1.165) is 0 Å². The predicted molar refractivity (Wildman–Crippen MR) is 108 cm³/mol. The second-order valence-corrected chi connectivity index (χ2v) is 7.57. The lowest BCUT2D eigenvalue weighted by molar-refractivity contribution is 0.0694. The molecule has 0 bridgehead atoms. The number of nitrogens with zero attached hydrogens (tertiary/aromatic N) is 2. The van der Waals surface area contributed by atoms with Crippen LogP contribution in [-0.4, -0.2) is 32.3 Å². The Kier molecular flexibility index (Phi) is 6.00. The standard InChI is InChI=1S/C21H20ClFN2O4/c1-11(2)18(10-26)25-9-15(21(28)29)20(27)14-7-13(24-8-17(14)25)6-12-4-3-5-16(22)19(12)23/h3-5,7-9,11,18,26H,6,10H2,1-2H3,(H,28,29). The van der Waals surface area contributed by atoms with Gasteiger partial charge in [-0.1, -0.05) is 37.6 Å². The van der Waals surface area contributed by atoms with E-state index in [2.05, 4.69) is 4.98 Å². The van der Waals surface area contributed by atoms with Crippen molar-refractivity contribution in [1.82, 2.24) is 9.55 Å². The zero-order chi connectivity index (χ0) is 21.3. The molecular formula is C21H20ClFN2O4. The lowest BCUT2D eigenvalue weighted by Gasteiger charge is -2.24. The maximum absolute atomic E-state index is 14.2. The van der Waals surface area contributed by atoms with Crippen molar-refractivity contribution in [3.63, 3.8) is 0 Å². The molecule has 152 valence electrons. The van der Waals surface area contributed by atoms with E-state index in [4.69, 9.17) is 11.6 Å². The Morgan fingerprint density at radius 2 is 2.07 bits per heavy atom. The van der Waals surface area contributed by atoms with Crippen LogP contribution in [0.25, 0.3) is 10.9 Å². The van der Waals surface area contributed by atoms with Gasteiger partial charge in [-0.2, -0.15) is 0 Å². The van der Waals surface area contributed by atoms with Gasteiger partial charge in [-0.15, -0.1) is 0 Å². The van der Waals surface area contributed by atoms with Crippen molar-refractivity contribution in [2.75, 3.05) is 6.61 Å². The van der Waals surface area contributed by atoms with Gasteiger partial charge in [0, 0.05) is 23.7 Å². The number of pyridine rings is 2. The van der Waals surface area contributed by atoms with Crippen molar-refractivity contribution in [3.8, 4) is 0 Å². The highest BCUT2D eigenvalue weighted by molar-refractivity contribution is 6.30. The molecule has 0 radical (unpaired) electrons. The zero-order valence-corrected chi connectivity index (χ0v) is 16.7. The Labute approximate surface area is 171 Å². The third-order valence-electron chi connectivity index (χ3n) is 4.92. The number of halogens is 2. The lowest BCUT2D eigenvalue weighted by Crippen LogP contribution is -2.25. The molecule has 2 aromatic heterocycles. The number of fused-ring (bicyclic) bond motifs is 1. The van der Waals surface area contributed by atoms with Gasteiger partial charge < -0.3 is 14.8 Å². The fourth-order valence-electron chi connectivity index (χ4n) is 3.31. The number of hydrogen-bond donors (Lipinski definition) is 2. The van der Waals surface area contributed by atoms with Crippen LogP contribution in [0.15, 0.2) is 41.5 Å². The Morgan fingerprint density at radius 3 is 2.69 bits per heavy atom. The minimum atomic E-state index is -1.36. The van der Waals surface area contributed by atoms with Crippen LogP contribution in [-0.2, 0) is 6.42 Å². The van der Waals surface area contributed by atoms with E-state index >= 15 is 0 Å².